The molecule has 0 aromatic heterocycles. The number of esters is 1. The molecule has 0 atom stereocenters. The van der Waals surface area contributed by atoms with Crippen molar-refractivity contribution in [1.82, 2.24) is 0 Å². The van der Waals surface area contributed by atoms with E-state index in [2.05, 4.69) is 4.72 Å². The summed E-state index contributed by atoms with van der Waals surface area (Å²) in [5, 5.41) is 0. The quantitative estimate of drug-likeness (QED) is 0.835. The molecule has 0 aliphatic carbocycles. The van der Waals surface area contributed by atoms with Gasteiger partial charge >= 0.3 is 5.97 Å². The largest absolute Gasteiger partial charge is 0.459 e. The number of carbonyl (C=O) groups is 1. The summed E-state index contributed by atoms with van der Waals surface area (Å²) in [6, 6.07) is 8.06. The fourth-order valence-corrected chi connectivity index (χ4v) is 3.10. The van der Waals surface area contributed by atoms with Crippen LogP contribution in [0.1, 0.15) is 24.2 Å². The fourth-order valence-electron chi connectivity index (χ4n) is 1.90. The molecule has 8 heteroatoms. The van der Waals surface area contributed by atoms with Crippen molar-refractivity contribution < 1.29 is 26.7 Å². The van der Waals surface area contributed by atoms with Gasteiger partial charge in [0.05, 0.1) is 11.7 Å². The Hall–Kier alpha value is -2.48. The minimum Gasteiger partial charge on any atom is -0.459 e. The van der Waals surface area contributed by atoms with Crippen molar-refractivity contribution in [1.29, 1.82) is 0 Å². The molecule has 128 valence electrons. The Labute approximate surface area is 138 Å². The number of hydrogen-bond donors (Lipinski definition) is 1. The molecule has 0 radical (unpaired) electrons. The first-order chi connectivity index (χ1) is 11.2. The van der Waals surface area contributed by atoms with E-state index in [1.54, 1.807) is 13.8 Å². The van der Waals surface area contributed by atoms with Crippen LogP contribution in [0.3, 0.4) is 0 Å². The molecule has 24 heavy (non-hydrogen) atoms. The van der Waals surface area contributed by atoms with Gasteiger partial charge in [0.15, 0.2) is 4.90 Å². The van der Waals surface area contributed by atoms with E-state index in [4.69, 9.17) is 4.74 Å². The summed E-state index contributed by atoms with van der Waals surface area (Å²) in [4.78, 5) is 10.6. The van der Waals surface area contributed by atoms with Gasteiger partial charge in [0.1, 0.15) is 11.6 Å². The van der Waals surface area contributed by atoms with Gasteiger partial charge in [-0.15, -0.1) is 0 Å². The Kier molecular flexibility index (Phi) is 5.18. The molecule has 0 spiro atoms. The van der Waals surface area contributed by atoms with Gasteiger partial charge in [-0.25, -0.2) is 22.0 Å². The Morgan fingerprint density at radius 2 is 1.58 bits per heavy atom. The van der Waals surface area contributed by atoms with Crippen molar-refractivity contribution >= 4 is 21.7 Å². The molecule has 0 aliphatic rings. The molecule has 2 aromatic rings. The highest BCUT2D eigenvalue weighted by Gasteiger charge is 2.24. The van der Waals surface area contributed by atoms with Crippen molar-refractivity contribution in [2.45, 2.75) is 24.8 Å². The average Bonchev–Trinajstić information content (AvgIpc) is 2.46. The summed E-state index contributed by atoms with van der Waals surface area (Å²) < 4.78 is 58.6. The van der Waals surface area contributed by atoms with Gasteiger partial charge in [-0.05, 0) is 50.2 Å². The number of halogens is 2. The van der Waals surface area contributed by atoms with Crippen LogP contribution in [0.5, 0.6) is 0 Å². The summed E-state index contributed by atoms with van der Waals surface area (Å²) in [7, 11) is -4.44. The molecule has 0 saturated heterocycles. The second-order valence-electron chi connectivity index (χ2n) is 5.19. The highest BCUT2D eigenvalue weighted by Crippen LogP contribution is 2.22. The predicted molar refractivity (Wildman–Crippen MR) is 84.2 cm³/mol. The maximum Gasteiger partial charge on any atom is 0.338 e. The van der Waals surface area contributed by atoms with Gasteiger partial charge in [-0.3, -0.25) is 4.72 Å². The van der Waals surface area contributed by atoms with Gasteiger partial charge in [-0.1, -0.05) is 6.07 Å². The molecule has 1 N–H and O–H groups in total. The Balaban J connectivity index is 2.23. The summed E-state index contributed by atoms with van der Waals surface area (Å²) >= 11 is 0. The predicted octanol–water partition coefficient (Wildman–Crippen LogP) is 3.33. The van der Waals surface area contributed by atoms with Crippen molar-refractivity contribution in [2.75, 3.05) is 4.72 Å². The van der Waals surface area contributed by atoms with E-state index in [1.165, 1.54) is 24.3 Å². The first-order valence-electron chi connectivity index (χ1n) is 6.98. The Bertz CT molecular complexity index is 829. The lowest BCUT2D eigenvalue weighted by molar-refractivity contribution is 0.0378. The average molecular weight is 355 g/mol. The zero-order chi connectivity index (χ0) is 17.9. The van der Waals surface area contributed by atoms with Crippen LogP contribution in [0.2, 0.25) is 0 Å². The van der Waals surface area contributed by atoms with Gasteiger partial charge in [0, 0.05) is 5.69 Å². The van der Waals surface area contributed by atoms with E-state index in [9.17, 15) is 22.0 Å². The van der Waals surface area contributed by atoms with E-state index in [0.717, 1.165) is 18.2 Å². The SMILES string of the molecule is CC(C)OC(=O)c1ccc(NS(=O)(=O)c2c(F)cccc2F)cc1. The number of hydrogen-bond acceptors (Lipinski definition) is 4. The minimum atomic E-state index is -4.44. The second kappa shape index (κ2) is 6.96. The van der Waals surface area contributed by atoms with E-state index in [1.807, 2.05) is 0 Å². The molecule has 0 amide bonds. The van der Waals surface area contributed by atoms with E-state index in [-0.39, 0.29) is 17.4 Å². The summed E-state index contributed by atoms with van der Waals surface area (Å²) in [5.41, 5.74) is 0.280. The standard InChI is InChI=1S/C16H15F2NO4S/c1-10(2)23-16(20)11-6-8-12(9-7-11)19-24(21,22)15-13(17)4-3-5-14(15)18/h3-10,19H,1-2H3. The third-order valence-electron chi connectivity index (χ3n) is 2.90. The van der Waals surface area contributed by atoms with Crippen LogP contribution in [0.25, 0.3) is 0 Å². The van der Waals surface area contributed by atoms with Crippen LogP contribution in [0.15, 0.2) is 47.4 Å². The van der Waals surface area contributed by atoms with Crippen LogP contribution in [0, 0.1) is 11.6 Å². The van der Waals surface area contributed by atoms with Crippen LogP contribution >= 0.6 is 0 Å². The zero-order valence-corrected chi connectivity index (χ0v) is 13.7. The van der Waals surface area contributed by atoms with Crippen molar-refractivity contribution in [2.24, 2.45) is 0 Å². The number of benzene rings is 2. The maximum atomic E-state index is 13.6. The molecule has 2 rings (SSSR count). The van der Waals surface area contributed by atoms with E-state index >= 15 is 0 Å². The Morgan fingerprint density at radius 3 is 2.08 bits per heavy atom. The summed E-state index contributed by atoms with van der Waals surface area (Å²) in [5.74, 6) is -2.95. The molecular formula is C16H15F2NO4S. The fraction of sp³-hybridized carbons (Fsp3) is 0.188. The van der Waals surface area contributed by atoms with Gasteiger partial charge in [0.2, 0.25) is 0 Å². The molecule has 5 nitrogen and oxygen atoms in total. The first kappa shape index (κ1) is 17.9. The first-order valence-corrected chi connectivity index (χ1v) is 8.47. The van der Waals surface area contributed by atoms with Crippen LogP contribution in [-0.4, -0.2) is 20.5 Å². The number of ether oxygens (including phenoxy) is 1. The highest BCUT2D eigenvalue weighted by atomic mass is 32.2. The van der Waals surface area contributed by atoms with Gasteiger partial charge in [0.25, 0.3) is 10.0 Å². The van der Waals surface area contributed by atoms with Crippen LogP contribution in [0.4, 0.5) is 14.5 Å². The number of anilines is 1. The molecule has 0 fully saturated rings. The maximum absolute atomic E-state index is 13.6. The lowest BCUT2D eigenvalue weighted by Crippen LogP contribution is -2.16. The molecule has 0 heterocycles. The van der Waals surface area contributed by atoms with Crippen molar-refractivity contribution in [3.8, 4) is 0 Å². The third-order valence-corrected chi connectivity index (χ3v) is 4.34. The van der Waals surface area contributed by atoms with E-state index in [0.29, 0.717) is 0 Å². The van der Waals surface area contributed by atoms with Crippen LogP contribution < -0.4 is 4.72 Å². The molecule has 2 aromatic carbocycles. The number of nitrogens with one attached hydrogen (secondary N) is 1. The second-order valence-corrected chi connectivity index (χ2v) is 6.81. The molecule has 0 aliphatic heterocycles. The lowest BCUT2D eigenvalue weighted by Gasteiger charge is -2.11. The van der Waals surface area contributed by atoms with Gasteiger partial charge < -0.3 is 4.74 Å². The number of sulfonamides is 1. The molecule has 0 saturated carbocycles. The van der Waals surface area contributed by atoms with Gasteiger partial charge in [-0.2, -0.15) is 0 Å². The van der Waals surface area contributed by atoms with E-state index < -0.39 is 32.5 Å². The Morgan fingerprint density at radius 1 is 1.04 bits per heavy atom. The number of rotatable bonds is 5. The zero-order valence-electron chi connectivity index (χ0n) is 12.9. The lowest BCUT2D eigenvalue weighted by atomic mass is 10.2. The van der Waals surface area contributed by atoms with Crippen molar-refractivity contribution in [3.63, 3.8) is 0 Å². The smallest absolute Gasteiger partial charge is 0.338 e. The summed E-state index contributed by atoms with van der Waals surface area (Å²) in [6.45, 7) is 3.40. The monoisotopic (exact) mass is 355 g/mol. The summed E-state index contributed by atoms with van der Waals surface area (Å²) in [6.07, 6.45) is -0.292. The minimum absolute atomic E-state index is 0.0544. The van der Waals surface area contributed by atoms with Crippen molar-refractivity contribution in [3.05, 3.63) is 59.7 Å². The normalized spacial score (nSPS) is 11.4. The number of carbonyl (C=O) groups excluding carboxylic acids is 1. The topological polar surface area (TPSA) is 72.5 Å². The molecule has 0 unspecified atom stereocenters. The van der Waals surface area contributed by atoms with Crippen LogP contribution in [-0.2, 0) is 14.8 Å². The molecule has 0 bridgehead atoms. The molecular weight excluding hydrogens is 340 g/mol. The third kappa shape index (κ3) is 4.08. The highest BCUT2D eigenvalue weighted by molar-refractivity contribution is 7.92.